The number of carbonyl (C=O) groups is 1. The third-order valence-corrected chi connectivity index (χ3v) is 5.86. The Kier molecular flexibility index (Phi) is 3.84. The maximum absolute atomic E-state index is 12.9. The molecule has 1 unspecified atom stereocenters. The maximum Gasteiger partial charge on any atom is 0.231 e. The molecule has 2 heterocycles. The average Bonchev–Trinajstić information content (AvgIpc) is 3.15. The van der Waals surface area contributed by atoms with E-state index in [4.69, 9.17) is 9.47 Å². The largest absolute Gasteiger partial charge is 0.454 e. The van der Waals surface area contributed by atoms with E-state index in [-0.39, 0.29) is 18.2 Å². The lowest BCUT2D eigenvalue weighted by Crippen LogP contribution is -2.47. The van der Waals surface area contributed by atoms with Crippen molar-refractivity contribution in [1.82, 2.24) is 4.90 Å². The summed E-state index contributed by atoms with van der Waals surface area (Å²) >= 11 is 3.55. The molecule has 1 saturated heterocycles. The number of carbonyl (C=O) groups excluding carboxylic acids is 1. The maximum atomic E-state index is 12.9. The zero-order valence-corrected chi connectivity index (χ0v) is 14.6. The highest BCUT2D eigenvalue weighted by atomic mass is 79.9. The molecule has 1 aliphatic carbocycles. The zero-order chi connectivity index (χ0) is 15.9. The van der Waals surface area contributed by atoms with Crippen LogP contribution in [0.1, 0.15) is 37.7 Å². The molecule has 4 rings (SSSR count). The average molecular weight is 378 g/mol. The number of nitrogens with zero attached hydrogens (tertiary/aromatic N) is 1. The van der Waals surface area contributed by atoms with Crippen LogP contribution in [0.5, 0.6) is 11.5 Å². The lowest BCUT2D eigenvalue weighted by atomic mass is 9.85. The molecule has 3 aliphatic rings. The summed E-state index contributed by atoms with van der Waals surface area (Å²) in [4.78, 5) is 15.0. The summed E-state index contributed by atoms with van der Waals surface area (Å²) in [6, 6.07) is 3.81. The SMILES string of the molecule is O=C(Cc1cc2c(cc1Br)OCO2)N1CCCC12C=CCCC2. The fourth-order valence-electron chi connectivity index (χ4n) is 3.97. The molecule has 0 aromatic heterocycles. The van der Waals surface area contributed by atoms with Gasteiger partial charge in [-0.05, 0) is 49.8 Å². The Hall–Kier alpha value is -1.49. The van der Waals surface area contributed by atoms with Crippen LogP contribution in [-0.4, -0.2) is 29.7 Å². The van der Waals surface area contributed by atoms with E-state index in [1.807, 2.05) is 12.1 Å². The second-order valence-corrected chi connectivity index (χ2v) is 7.38. The summed E-state index contributed by atoms with van der Waals surface area (Å²) in [6.45, 7) is 1.12. The topological polar surface area (TPSA) is 38.8 Å². The van der Waals surface area contributed by atoms with Crippen molar-refractivity contribution in [3.63, 3.8) is 0 Å². The van der Waals surface area contributed by atoms with Gasteiger partial charge in [-0.25, -0.2) is 0 Å². The molecule has 1 atom stereocenters. The Bertz CT molecular complexity index is 672. The van der Waals surface area contributed by atoms with E-state index < -0.39 is 0 Å². The third kappa shape index (κ3) is 2.65. The number of hydrogen-bond acceptors (Lipinski definition) is 3. The predicted octanol–water partition coefficient (Wildman–Crippen LogP) is 3.82. The van der Waals surface area contributed by atoms with Gasteiger partial charge in [0, 0.05) is 11.0 Å². The molecule has 1 fully saturated rings. The van der Waals surface area contributed by atoms with Crippen molar-refractivity contribution in [2.45, 2.75) is 44.1 Å². The number of fused-ring (bicyclic) bond motifs is 1. The van der Waals surface area contributed by atoms with Crippen molar-refractivity contribution in [1.29, 1.82) is 0 Å². The molecule has 0 radical (unpaired) electrons. The van der Waals surface area contributed by atoms with Gasteiger partial charge in [-0.2, -0.15) is 0 Å². The number of rotatable bonds is 2. The van der Waals surface area contributed by atoms with Gasteiger partial charge in [-0.15, -0.1) is 0 Å². The molecule has 1 aromatic carbocycles. The first-order chi connectivity index (χ1) is 11.2. The quantitative estimate of drug-likeness (QED) is 0.735. The highest BCUT2D eigenvalue weighted by molar-refractivity contribution is 9.10. The number of hydrogen-bond donors (Lipinski definition) is 0. The van der Waals surface area contributed by atoms with Crippen LogP contribution in [0.3, 0.4) is 0 Å². The summed E-state index contributed by atoms with van der Waals surface area (Å²) < 4.78 is 11.7. The molecular formula is C18H20BrNO3. The number of likely N-dealkylation sites (tertiary alicyclic amines) is 1. The normalized spacial score (nSPS) is 25.3. The van der Waals surface area contributed by atoms with Crippen LogP contribution in [0.2, 0.25) is 0 Å². The van der Waals surface area contributed by atoms with Crippen molar-refractivity contribution >= 4 is 21.8 Å². The molecule has 1 aromatic rings. The first-order valence-corrected chi connectivity index (χ1v) is 9.03. The van der Waals surface area contributed by atoms with E-state index in [1.54, 1.807) is 0 Å². The smallest absolute Gasteiger partial charge is 0.231 e. The third-order valence-electron chi connectivity index (χ3n) is 5.12. The first kappa shape index (κ1) is 15.1. The fraction of sp³-hybridized carbons (Fsp3) is 0.500. The molecule has 0 bridgehead atoms. The molecule has 2 aliphatic heterocycles. The Morgan fingerprint density at radius 1 is 1.22 bits per heavy atom. The second-order valence-electron chi connectivity index (χ2n) is 6.52. The van der Waals surface area contributed by atoms with Crippen molar-refractivity contribution in [3.05, 3.63) is 34.3 Å². The molecular weight excluding hydrogens is 358 g/mol. The highest BCUT2D eigenvalue weighted by Crippen LogP contribution is 2.40. The van der Waals surface area contributed by atoms with Crippen LogP contribution in [-0.2, 0) is 11.2 Å². The number of benzene rings is 1. The van der Waals surface area contributed by atoms with Crippen LogP contribution in [0.25, 0.3) is 0 Å². The summed E-state index contributed by atoms with van der Waals surface area (Å²) in [5, 5.41) is 0. The standard InChI is InChI=1S/C18H20BrNO3/c19-14-11-16-15(22-12-23-16)9-13(14)10-17(21)20-8-4-7-18(20)5-2-1-3-6-18/h2,5,9,11H,1,3-4,6-8,10,12H2. The summed E-state index contributed by atoms with van der Waals surface area (Å²) in [5.74, 6) is 1.67. The molecule has 122 valence electrons. The van der Waals surface area contributed by atoms with E-state index in [0.717, 1.165) is 53.8 Å². The predicted molar refractivity (Wildman–Crippen MR) is 90.6 cm³/mol. The van der Waals surface area contributed by atoms with Gasteiger partial charge in [0.2, 0.25) is 12.7 Å². The van der Waals surface area contributed by atoms with Crippen LogP contribution in [0.4, 0.5) is 0 Å². The molecule has 1 spiro atoms. The van der Waals surface area contributed by atoms with Crippen LogP contribution in [0, 0.1) is 0 Å². The summed E-state index contributed by atoms with van der Waals surface area (Å²) in [5.41, 5.74) is 0.930. The Balaban J connectivity index is 1.56. The van der Waals surface area contributed by atoms with Gasteiger partial charge in [0.1, 0.15) is 0 Å². The monoisotopic (exact) mass is 377 g/mol. The highest BCUT2D eigenvalue weighted by Gasteiger charge is 2.41. The van der Waals surface area contributed by atoms with Crippen molar-refractivity contribution in [3.8, 4) is 11.5 Å². The summed E-state index contributed by atoms with van der Waals surface area (Å²) in [7, 11) is 0. The van der Waals surface area contributed by atoms with Gasteiger partial charge in [-0.3, -0.25) is 4.79 Å². The lowest BCUT2D eigenvalue weighted by molar-refractivity contribution is -0.133. The molecule has 5 heteroatoms. The van der Waals surface area contributed by atoms with Gasteiger partial charge in [0.25, 0.3) is 0 Å². The minimum atomic E-state index is -0.0296. The van der Waals surface area contributed by atoms with E-state index in [9.17, 15) is 4.79 Å². The van der Waals surface area contributed by atoms with E-state index in [2.05, 4.69) is 33.0 Å². The van der Waals surface area contributed by atoms with Crippen LogP contribution >= 0.6 is 15.9 Å². The van der Waals surface area contributed by atoms with Crippen LogP contribution in [0.15, 0.2) is 28.8 Å². The Labute approximate surface area is 144 Å². The van der Waals surface area contributed by atoms with Gasteiger partial charge >= 0.3 is 0 Å². The first-order valence-electron chi connectivity index (χ1n) is 8.24. The molecule has 0 N–H and O–H groups in total. The fourth-order valence-corrected chi connectivity index (χ4v) is 4.43. The van der Waals surface area contributed by atoms with E-state index in [0.29, 0.717) is 6.42 Å². The Morgan fingerprint density at radius 3 is 2.78 bits per heavy atom. The Morgan fingerprint density at radius 2 is 2.00 bits per heavy atom. The van der Waals surface area contributed by atoms with Gasteiger partial charge in [0.15, 0.2) is 11.5 Å². The number of halogens is 1. The number of amides is 1. The van der Waals surface area contributed by atoms with Crippen molar-refractivity contribution < 1.29 is 14.3 Å². The number of allylic oxidation sites excluding steroid dienone is 1. The van der Waals surface area contributed by atoms with Gasteiger partial charge < -0.3 is 14.4 Å². The molecule has 23 heavy (non-hydrogen) atoms. The van der Waals surface area contributed by atoms with E-state index >= 15 is 0 Å². The van der Waals surface area contributed by atoms with E-state index in [1.165, 1.54) is 6.42 Å². The lowest BCUT2D eigenvalue weighted by Gasteiger charge is -2.38. The van der Waals surface area contributed by atoms with Crippen LogP contribution < -0.4 is 9.47 Å². The van der Waals surface area contributed by atoms with Crippen molar-refractivity contribution in [2.24, 2.45) is 0 Å². The molecule has 1 amide bonds. The molecule has 0 saturated carbocycles. The summed E-state index contributed by atoms with van der Waals surface area (Å²) in [6.07, 6.45) is 10.5. The van der Waals surface area contributed by atoms with Gasteiger partial charge in [0.05, 0.1) is 12.0 Å². The second kappa shape index (κ2) is 5.86. The molecule has 4 nitrogen and oxygen atoms in total. The minimum Gasteiger partial charge on any atom is -0.454 e. The van der Waals surface area contributed by atoms with Gasteiger partial charge in [-0.1, -0.05) is 28.1 Å². The number of ether oxygens (including phenoxy) is 2. The van der Waals surface area contributed by atoms with Crippen molar-refractivity contribution in [2.75, 3.05) is 13.3 Å². The zero-order valence-electron chi connectivity index (χ0n) is 13.0. The minimum absolute atomic E-state index is 0.0296.